The van der Waals surface area contributed by atoms with E-state index in [4.69, 9.17) is 0 Å². The Kier molecular flexibility index (Phi) is 4.59. The molecular formula is C16H24N4O2S2. The molecule has 0 saturated carbocycles. The van der Waals surface area contributed by atoms with E-state index in [1.54, 1.807) is 22.8 Å². The number of hydrogen-bond donors (Lipinski definition) is 1. The highest BCUT2D eigenvalue weighted by molar-refractivity contribution is 7.91. The molecule has 2 aromatic heterocycles. The van der Waals surface area contributed by atoms with Crippen molar-refractivity contribution in [2.24, 2.45) is 0 Å². The standard InChI is InChI=1S/C16H24N4O2S2/c1-16(2,3)13-5-6-14(23-13)24(21,22)20-10-9-19(4)12(11-20)15-17-7-8-18-15/h5-8,12H,9-11H2,1-4H3,(H,17,18). The number of hydrogen-bond acceptors (Lipinski definition) is 5. The highest BCUT2D eigenvalue weighted by atomic mass is 32.2. The van der Waals surface area contributed by atoms with Crippen molar-refractivity contribution in [3.05, 3.63) is 35.2 Å². The minimum absolute atomic E-state index is 0.0444. The van der Waals surface area contributed by atoms with Crippen LogP contribution in [0, 0.1) is 0 Å². The molecular weight excluding hydrogens is 344 g/mol. The fourth-order valence-corrected chi connectivity index (χ4v) is 5.77. The maximum absolute atomic E-state index is 13.0. The molecule has 0 bridgehead atoms. The molecule has 0 spiro atoms. The summed E-state index contributed by atoms with van der Waals surface area (Å²) in [5.41, 5.74) is -0.0444. The Morgan fingerprint density at radius 3 is 2.62 bits per heavy atom. The van der Waals surface area contributed by atoms with Crippen molar-refractivity contribution in [2.45, 2.75) is 36.4 Å². The van der Waals surface area contributed by atoms with Crippen molar-refractivity contribution in [1.82, 2.24) is 19.2 Å². The minimum Gasteiger partial charge on any atom is -0.347 e. The Balaban J connectivity index is 1.86. The van der Waals surface area contributed by atoms with Crippen LogP contribution in [0.4, 0.5) is 0 Å². The van der Waals surface area contributed by atoms with Gasteiger partial charge in [-0.3, -0.25) is 4.90 Å². The van der Waals surface area contributed by atoms with Crippen LogP contribution < -0.4 is 0 Å². The molecule has 0 aliphatic carbocycles. The number of piperazine rings is 1. The zero-order valence-electron chi connectivity index (χ0n) is 14.5. The fourth-order valence-electron chi connectivity index (χ4n) is 2.81. The van der Waals surface area contributed by atoms with Gasteiger partial charge in [-0.15, -0.1) is 11.3 Å². The SMILES string of the molecule is CN1CCN(S(=O)(=O)c2ccc(C(C)(C)C)s2)CC1c1ncc[nH]1. The number of nitrogens with one attached hydrogen (secondary N) is 1. The molecule has 24 heavy (non-hydrogen) atoms. The first-order valence-corrected chi connectivity index (χ1v) is 10.3. The summed E-state index contributed by atoms with van der Waals surface area (Å²) in [6.45, 7) is 7.88. The number of thiophene rings is 1. The number of aromatic amines is 1. The molecule has 1 atom stereocenters. The molecule has 1 aliphatic heterocycles. The molecule has 1 aliphatic rings. The number of H-pyrrole nitrogens is 1. The summed E-state index contributed by atoms with van der Waals surface area (Å²) in [6.07, 6.45) is 3.47. The van der Waals surface area contributed by atoms with Crippen LogP contribution >= 0.6 is 11.3 Å². The van der Waals surface area contributed by atoms with Crippen LogP contribution in [0.2, 0.25) is 0 Å². The van der Waals surface area contributed by atoms with Crippen molar-refractivity contribution in [2.75, 3.05) is 26.7 Å². The first-order chi connectivity index (χ1) is 11.2. The largest absolute Gasteiger partial charge is 0.347 e. The van der Waals surface area contributed by atoms with Gasteiger partial charge in [0.15, 0.2) is 0 Å². The van der Waals surface area contributed by atoms with E-state index in [0.717, 1.165) is 10.7 Å². The smallest absolute Gasteiger partial charge is 0.252 e. The van der Waals surface area contributed by atoms with Gasteiger partial charge in [0.1, 0.15) is 10.0 Å². The number of rotatable bonds is 3. The lowest BCUT2D eigenvalue weighted by molar-refractivity contribution is 0.143. The number of likely N-dealkylation sites (N-methyl/N-ethyl adjacent to an activating group) is 1. The summed E-state index contributed by atoms with van der Waals surface area (Å²) in [7, 11) is -1.47. The Bertz CT molecular complexity index is 790. The van der Waals surface area contributed by atoms with Gasteiger partial charge in [0, 0.05) is 36.9 Å². The highest BCUT2D eigenvalue weighted by Crippen LogP contribution is 2.34. The normalized spacial score (nSPS) is 21.2. The van der Waals surface area contributed by atoms with Crippen LogP contribution in [0.3, 0.4) is 0 Å². The van der Waals surface area contributed by atoms with E-state index >= 15 is 0 Å². The van der Waals surface area contributed by atoms with E-state index in [1.807, 2.05) is 13.1 Å². The van der Waals surface area contributed by atoms with Crippen LogP contribution in [-0.4, -0.2) is 54.3 Å². The molecule has 8 heteroatoms. The third-order valence-corrected chi connectivity index (χ3v) is 8.20. The van der Waals surface area contributed by atoms with Crippen LogP contribution in [-0.2, 0) is 15.4 Å². The lowest BCUT2D eigenvalue weighted by Crippen LogP contribution is -2.49. The first-order valence-electron chi connectivity index (χ1n) is 7.99. The van der Waals surface area contributed by atoms with E-state index in [2.05, 4.69) is 35.6 Å². The van der Waals surface area contributed by atoms with E-state index in [-0.39, 0.29) is 11.5 Å². The number of sulfonamides is 1. The summed E-state index contributed by atoms with van der Waals surface area (Å²) in [5, 5.41) is 0. The van der Waals surface area contributed by atoms with Crippen molar-refractivity contribution < 1.29 is 8.42 Å². The van der Waals surface area contributed by atoms with Gasteiger partial charge in [0.25, 0.3) is 10.0 Å². The van der Waals surface area contributed by atoms with E-state index < -0.39 is 10.0 Å². The third-order valence-electron chi connectivity index (χ3n) is 4.36. The molecule has 1 saturated heterocycles. The van der Waals surface area contributed by atoms with Crippen LogP contribution in [0.1, 0.15) is 37.5 Å². The maximum atomic E-state index is 13.0. The topological polar surface area (TPSA) is 69.3 Å². The highest BCUT2D eigenvalue weighted by Gasteiger charge is 2.35. The molecule has 0 amide bonds. The molecule has 3 heterocycles. The molecule has 2 aromatic rings. The summed E-state index contributed by atoms with van der Waals surface area (Å²) in [6, 6.07) is 3.61. The quantitative estimate of drug-likeness (QED) is 0.903. The summed E-state index contributed by atoms with van der Waals surface area (Å²) < 4.78 is 28.1. The predicted molar refractivity (Wildman–Crippen MR) is 95.7 cm³/mol. The second kappa shape index (κ2) is 6.25. The van der Waals surface area contributed by atoms with Gasteiger partial charge in [0.05, 0.1) is 6.04 Å². The number of nitrogens with zero attached hydrogens (tertiary/aromatic N) is 3. The Morgan fingerprint density at radius 1 is 1.29 bits per heavy atom. The van der Waals surface area contributed by atoms with Crippen LogP contribution in [0.25, 0.3) is 0 Å². The lowest BCUT2D eigenvalue weighted by atomic mass is 9.95. The number of imidazole rings is 1. The van der Waals surface area contributed by atoms with Gasteiger partial charge < -0.3 is 4.98 Å². The molecule has 132 valence electrons. The molecule has 1 fully saturated rings. The molecule has 0 radical (unpaired) electrons. The molecule has 3 rings (SSSR count). The zero-order chi connectivity index (χ0) is 17.5. The average molecular weight is 369 g/mol. The monoisotopic (exact) mass is 368 g/mol. The van der Waals surface area contributed by atoms with E-state index in [0.29, 0.717) is 23.8 Å². The second-order valence-corrected chi connectivity index (χ2v) is 10.5. The van der Waals surface area contributed by atoms with Crippen molar-refractivity contribution in [3.63, 3.8) is 0 Å². The van der Waals surface area contributed by atoms with Gasteiger partial charge in [-0.25, -0.2) is 13.4 Å². The molecule has 0 aromatic carbocycles. The zero-order valence-corrected chi connectivity index (χ0v) is 16.1. The second-order valence-electron chi connectivity index (χ2n) is 7.20. The van der Waals surface area contributed by atoms with Gasteiger partial charge in [0.2, 0.25) is 0 Å². The lowest BCUT2D eigenvalue weighted by Gasteiger charge is -2.37. The molecule has 1 unspecified atom stereocenters. The Labute approximate surface area is 147 Å². The average Bonchev–Trinajstić information content (AvgIpc) is 3.19. The molecule has 6 nitrogen and oxygen atoms in total. The third kappa shape index (κ3) is 3.28. The van der Waals surface area contributed by atoms with Crippen LogP contribution in [0.5, 0.6) is 0 Å². The Hall–Kier alpha value is -1.22. The summed E-state index contributed by atoms with van der Waals surface area (Å²) in [4.78, 5) is 10.6. The first kappa shape index (κ1) is 17.6. The fraction of sp³-hybridized carbons (Fsp3) is 0.562. The van der Waals surface area contributed by atoms with Gasteiger partial charge in [-0.1, -0.05) is 20.8 Å². The minimum atomic E-state index is -3.47. The van der Waals surface area contributed by atoms with Crippen molar-refractivity contribution >= 4 is 21.4 Å². The van der Waals surface area contributed by atoms with Gasteiger partial charge in [-0.2, -0.15) is 4.31 Å². The van der Waals surface area contributed by atoms with E-state index in [9.17, 15) is 8.42 Å². The van der Waals surface area contributed by atoms with Crippen molar-refractivity contribution in [3.8, 4) is 0 Å². The number of aromatic nitrogens is 2. The van der Waals surface area contributed by atoms with Gasteiger partial charge >= 0.3 is 0 Å². The van der Waals surface area contributed by atoms with Crippen molar-refractivity contribution in [1.29, 1.82) is 0 Å². The summed E-state index contributed by atoms with van der Waals surface area (Å²) >= 11 is 1.37. The predicted octanol–water partition coefficient (Wildman–Crippen LogP) is 2.45. The van der Waals surface area contributed by atoms with E-state index in [1.165, 1.54) is 11.3 Å². The molecule has 1 N–H and O–H groups in total. The van der Waals surface area contributed by atoms with Crippen LogP contribution in [0.15, 0.2) is 28.7 Å². The van der Waals surface area contributed by atoms with Gasteiger partial charge in [-0.05, 0) is 24.6 Å². The Morgan fingerprint density at radius 2 is 2.04 bits per heavy atom. The summed E-state index contributed by atoms with van der Waals surface area (Å²) in [5.74, 6) is 0.805. The maximum Gasteiger partial charge on any atom is 0.252 e.